The first kappa shape index (κ1) is 13.8. The highest BCUT2D eigenvalue weighted by Gasteiger charge is 2.14. The highest BCUT2D eigenvalue weighted by molar-refractivity contribution is 5.20. The number of benzene rings is 1. The Morgan fingerprint density at radius 1 is 1.26 bits per heavy atom. The third-order valence-corrected chi connectivity index (χ3v) is 3.07. The molecule has 0 bridgehead atoms. The number of hydrogen-bond acceptors (Lipinski definition) is 3. The minimum atomic E-state index is -0.199. The van der Waals surface area contributed by atoms with Crippen molar-refractivity contribution in [1.29, 1.82) is 0 Å². The Morgan fingerprint density at radius 2 is 2.11 bits per heavy atom. The smallest absolute Gasteiger partial charge is 0.123 e. The average Bonchev–Trinajstić information content (AvgIpc) is 2.87. The summed E-state index contributed by atoms with van der Waals surface area (Å²) in [6.07, 6.45) is 1.66. The molecule has 0 aliphatic carbocycles. The van der Waals surface area contributed by atoms with Gasteiger partial charge >= 0.3 is 0 Å². The topological polar surface area (TPSA) is 28.4 Å². The molecule has 1 aromatic carbocycles. The number of furan rings is 1. The normalized spacial score (nSPS) is 12.8. The van der Waals surface area contributed by atoms with Gasteiger partial charge in [-0.15, -0.1) is 0 Å². The predicted molar refractivity (Wildman–Crippen MR) is 73.2 cm³/mol. The van der Waals surface area contributed by atoms with Crippen LogP contribution < -0.4 is 5.32 Å². The van der Waals surface area contributed by atoms with Crippen LogP contribution in [0.2, 0.25) is 0 Å². The fourth-order valence-electron chi connectivity index (χ4n) is 2.06. The van der Waals surface area contributed by atoms with Crippen LogP contribution >= 0.6 is 0 Å². The number of nitrogens with zero attached hydrogens (tertiary/aromatic N) is 1. The van der Waals surface area contributed by atoms with Crippen molar-refractivity contribution in [2.24, 2.45) is 0 Å². The number of nitrogens with one attached hydrogen (secondary N) is 1. The molecule has 2 aromatic rings. The molecule has 19 heavy (non-hydrogen) atoms. The van der Waals surface area contributed by atoms with Crippen LogP contribution in [0.15, 0.2) is 47.1 Å². The van der Waals surface area contributed by atoms with Gasteiger partial charge < -0.3 is 14.6 Å². The van der Waals surface area contributed by atoms with Gasteiger partial charge in [-0.1, -0.05) is 12.1 Å². The third-order valence-electron chi connectivity index (χ3n) is 3.07. The van der Waals surface area contributed by atoms with Crippen molar-refractivity contribution in [3.8, 4) is 0 Å². The Hall–Kier alpha value is -1.65. The summed E-state index contributed by atoms with van der Waals surface area (Å²) in [7, 11) is 3.98. The lowest BCUT2D eigenvalue weighted by Gasteiger charge is -2.25. The van der Waals surface area contributed by atoms with Crippen molar-refractivity contribution in [2.75, 3.05) is 20.6 Å². The molecule has 0 radical (unpaired) electrons. The van der Waals surface area contributed by atoms with E-state index in [9.17, 15) is 4.39 Å². The summed E-state index contributed by atoms with van der Waals surface area (Å²) >= 11 is 0. The van der Waals surface area contributed by atoms with Crippen LogP contribution in [0.1, 0.15) is 17.4 Å². The van der Waals surface area contributed by atoms with Crippen LogP contribution in [-0.4, -0.2) is 25.5 Å². The van der Waals surface area contributed by atoms with Crippen LogP contribution in [0.4, 0.5) is 4.39 Å². The lowest BCUT2D eigenvalue weighted by Crippen LogP contribution is -2.30. The Kier molecular flexibility index (Phi) is 4.71. The lowest BCUT2D eigenvalue weighted by molar-refractivity contribution is 0.285. The fourth-order valence-corrected chi connectivity index (χ4v) is 2.06. The summed E-state index contributed by atoms with van der Waals surface area (Å²) in [4.78, 5) is 2.07. The number of rotatable bonds is 6. The van der Waals surface area contributed by atoms with Gasteiger partial charge in [0.2, 0.25) is 0 Å². The van der Waals surface area contributed by atoms with E-state index in [2.05, 4.69) is 10.2 Å². The van der Waals surface area contributed by atoms with Crippen molar-refractivity contribution in [1.82, 2.24) is 10.2 Å². The van der Waals surface area contributed by atoms with Gasteiger partial charge in [-0.3, -0.25) is 0 Å². The predicted octanol–water partition coefficient (Wildman–Crippen LogP) is 2.81. The molecule has 0 amide bonds. The molecule has 1 unspecified atom stereocenters. The highest BCUT2D eigenvalue weighted by Crippen LogP contribution is 2.18. The van der Waals surface area contributed by atoms with E-state index in [0.29, 0.717) is 6.54 Å². The second kappa shape index (κ2) is 6.50. The molecule has 0 aliphatic heterocycles. The lowest BCUT2D eigenvalue weighted by atomic mass is 10.1. The van der Waals surface area contributed by atoms with Crippen molar-refractivity contribution < 1.29 is 8.81 Å². The molecular formula is C15H19FN2O. The van der Waals surface area contributed by atoms with Gasteiger partial charge in [0, 0.05) is 12.6 Å². The zero-order valence-electron chi connectivity index (χ0n) is 11.3. The summed E-state index contributed by atoms with van der Waals surface area (Å²) in [5.74, 6) is 0.701. The first-order valence-electron chi connectivity index (χ1n) is 6.32. The maximum Gasteiger partial charge on any atom is 0.123 e. The molecule has 1 aromatic heterocycles. The molecule has 1 N–H and O–H groups in total. The molecule has 2 rings (SSSR count). The quantitative estimate of drug-likeness (QED) is 0.867. The molecule has 102 valence electrons. The van der Waals surface area contributed by atoms with Crippen molar-refractivity contribution in [3.05, 3.63) is 59.8 Å². The summed E-state index contributed by atoms with van der Waals surface area (Å²) in [6.45, 7) is 1.41. The van der Waals surface area contributed by atoms with E-state index in [-0.39, 0.29) is 11.9 Å². The summed E-state index contributed by atoms with van der Waals surface area (Å²) in [5, 5.41) is 3.33. The van der Waals surface area contributed by atoms with Gasteiger partial charge in [-0.25, -0.2) is 4.39 Å². The monoisotopic (exact) mass is 262 g/mol. The van der Waals surface area contributed by atoms with Crippen molar-refractivity contribution >= 4 is 0 Å². The maximum absolute atomic E-state index is 13.3. The fraction of sp³-hybridized carbons (Fsp3) is 0.333. The first-order valence-corrected chi connectivity index (χ1v) is 6.32. The summed E-state index contributed by atoms with van der Waals surface area (Å²) < 4.78 is 18.5. The molecule has 3 nitrogen and oxygen atoms in total. The van der Waals surface area contributed by atoms with Gasteiger partial charge in [0.25, 0.3) is 0 Å². The van der Waals surface area contributed by atoms with E-state index in [0.717, 1.165) is 17.9 Å². The van der Waals surface area contributed by atoms with E-state index in [1.165, 1.54) is 6.07 Å². The van der Waals surface area contributed by atoms with Crippen LogP contribution in [0, 0.1) is 5.82 Å². The van der Waals surface area contributed by atoms with Crippen LogP contribution in [-0.2, 0) is 6.54 Å². The largest absolute Gasteiger partial charge is 0.468 e. The maximum atomic E-state index is 13.3. The Labute approximate surface area is 113 Å². The zero-order valence-corrected chi connectivity index (χ0v) is 11.3. The molecule has 0 saturated heterocycles. The Morgan fingerprint density at radius 3 is 2.74 bits per heavy atom. The molecule has 1 atom stereocenters. The summed E-state index contributed by atoms with van der Waals surface area (Å²) in [5.41, 5.74) is 0.969. The number of hydrogen-bond donors (Lipinski definition) is 1. The van der Waals surface area contributed by atoms with Crippen molar-refractivity contribution in [2.45, 2.75) is 12.6 Å². The highest BCUT2D eigenvalue weighted by atomic mass is 19.1. The molecule has 4 heteroatoms. The minimum absolute atomic E-state index is 0.130. The minimum Gasteiger partial charge on any atom is -0.468 e. The first-order chi connectivity index (χ1) is 9.16. The number of likely N-dealkylation sites (N-methyl/N-ethyl adjacent to an activating group) is 1. The van der Waals surface area contributed by atoms with E-state index < -0.39 is 0 Å². The average molecular weight is 262 g/mol. The molecule has 0 aliphatic rings. The summed E-state index contributed by atoms with van der Waals surface area (Å²) in [6, 6.07) is 10.7. The second-order valence-electron chi connectivity index (χ2n) is 4.74. The van der Waals surface area contributed by atoms with Gasteiger partial charge in [-0.2, -0.15) is 0 Å². The third kappa shape index (κ3) is 3.91. The van der Waals surface area contributed by atoms with E-state index in [4.69, 9.17) is 4.42 Å². The Bertz CT molecular complexity index is 497. The Balaban J connectivity index is 1.96. The van der Waals surface area contributed by atoms with Gasteiger partial charge in [0.15, 0.2) is 0 Å². The molecule has 0 fully saturated rings. The van der Waals surface area contributed by atoms with Gasteiger partial charge in [0.1, 0.15) is 11.6 Å². The molecular weight excluding hydrogens is 243 g/mol. The van der Waals surface area contributed by atoms with Gasteiger partial charge in [-0.05, 0) is 43.9 Å². The SMILES string of the molecule is CN(C)C(CNCc1ccco1)c1cccc(F)c1. The standard InChI is InChI=1S/C15H19FN2O/c1-18(2)15(12-5-3-6-13(16)9-12)11-17-10-14-7-4-8-19-14/h3-9,15,17H,10-11H2,1-2H3. The molecule has 0 spiro atoms. The second-order valence-corrected chi connectivity index (χ2v) is 4.74. The van der Waals surface area contributed by atoms with E-state index in [1.54, 1.807) is 18.4 Å². The number of halogens is 1. The van der Waals surface area contributed by atoms with Crippen LogP contribution in [0.25, 0.3) is 0 Å². The zero-order chi connectivity index (χ0) is 13.7. The molecule has 1 heterocycles. The van der Waals surface area contributed by atoms with Crippen molar-refractivity contribution in [3.63, 3.8) is 0 Å². The molecule has 0 saturated carbocycles. The van der Waals surface area contributed by atoms with Gasteiger partial charge in [0.05, 0.1) is 12.8 Å². The van der Waals surface area contributed by atoms with Crippen LogP contribution in [0.3, 0.4) is 0 Å². The van der Waals surface area contributed by atoms with Crippen LogP contribution in [0.5, 0.6) is 0 Å². The van der Waals surface area contributed by atoms with E-state index >= 15 is 0 Å². The van der Waals surface area contributed by atoms with E-state index in [1.807, 2.05) is 32.3 Å².